The van der Waals surface area contributed by atoms with Crippen molar-refractivity contribution in [1.82, 2.24) is 5.32 Å². The molecule has 0 aliphatic carbocycles. The van der Waals surface area contributed by atoms with Gasteiger partial charge in [0.25, 0.3) is 0 Å². The summed E-state index contributed by atoms with van der Waals surface area (Å²) in [7, 11) is 3.44. The smallest absolute Gasteiger partial charge is 0.124 e. The summed E-state index contributed by atoms with van der Waals surface area (Å²) in [5.41, 5.74) is 2.44. The fourth-order valence-corrected chi connectivity index (χ4v) is 2.61. The number of nitrogens with one attached hydrogen (secondary N) is 1. The van der Waals surface area contributed by atoms with Gasteiger partial charge in [0.05, 0.1) is 14.2 Å². The maximum Gasteiger partial charge on any atom is 0.124 e. The minimum Gasteiger partial charge on any atom is -0.496 e. The number of ether oxygens (including phenoxy) is 2. The lowest BCUT2D eigenvalue weighted by atomic mass is 9.93. The van der Waals surface area contributed by atoms with Crippen molar-refractivity contribution in [3.05, 3.63) is 23.3 Å². The van der Waals surface area contributed by atoms with Crippen LogP contribution in [0.5, 0.6) is 11.5 Å². The minimum absolute atomic E-state index is 0.397. The fraction of sp³-hybridized carbons (Fsp3) is 0.571. The Balaban J connectivity index is 2.40. The van der Waals surface area contributed by atoms with Gasteiger partial charge in [0, 0.05) is 11.6 Å². The maximum atomic E-state index is 5.48. The van der Waals surface area contributed by atoms with Gasteiger partial charge in [-0.2, -0.15) is 0 Å². The second kappa shape index (κ2) is 5.41. The molecule has 1 atom stereocenters. The molecule has 0 spiro atoms. The van der Waals surface area contributed by atoms with Gasteiger partial charge in [-0.3, -0.25) is 0 Å². The van der Waals surface area contributed by atoms with Crippen LogP contribution in [0.4, 0.5) is 0 Å². The lowest BCUT2D eigenvalue weighted by Crippen LogP contribution is -2.27. The van der Waals surface area contributed by atoms with Gasteiger partial charge in [0.2, 0.25) is 0 Å². The van der Waals surface area contributed by atoms with Gasteiger partial charge in [0.1, 0.15) is 11.5 Å². The van der Waals surface area contributed by atoms with Crippen molar-refractivity contribution in [2.45, 2.75) is 32.2 Å². The molecule has 0 bridgehead atoms. The Morgan fingerprint density at radius 2 is 1.82 bits per heavy atom. The van der Waals surface area contributed by atoms with Crippen molar-refractivity contribution in [3.8, 4) is 11.5 Å². The topological polar surface area (TPSA) is 30.5 Å². The first kappa shape index (κ1) is 12.2. The van der Waals surface area contributed by atoms with Crippen molar-refractivity contribution < 1.29 is 9.47 Å². The van der Waals surface area contributed by atoms with Gasteiger partial charge in [-0.15, -0.1) is 0 Å². The molecule has 1 heterocycles. The van der Waals surface area contributed by atoms with Crippen LogP contribution in [0.25, 0.3) is 0 Å². The van der Waals surface area contributed by atoms with E-state index in [-0.39, 0.29) is 0 Å². The molecule has 1 unspecified atom stereocenters. The van der Waals surface area contributed by atoms with E-state index < -0.39 is 0 Å². The maximum absolute atomic E-state index is 5.48. The third kappa shape index (κ3) is 2.39. The highest BCUT2D eigenvalue weighted by atomic mass is 16.5. The average molecular weight is 235 g/mol. The molecule has 1 fully saturated rings. The van der Waals surface area contributed by atoms with E-state index in [0.29, 0.717) is 6.04 Å². The summed E-state index contributed by atoms with van der Waals surface area (Å²) in [6.07, 6.45) is 3.71. The zero-order valence-electron chi connectivity index (χ0n) is 10.9. The predicted octanol–water partition coefficient (Wildman–Crippen LogP) is 2.83. The van der Waals surface area contributed by atoms with Crippen LogP contribution < -0.4 is 14.8 Å². The van der Waals surface area contributed by atoms with Crippen LogP contribution in [0, 0.1) is 6.92 Å². The molecule has 0 radical (unpaired) electrons. The molecule has 3 heteroatoms. The summed E-state index contributed by atoms with van der Waals surface area (Å²) >= 11 is 0. The third-order valence-electron chi connectivity index (χ3n) is 3.52. The standard InChI is InChI=1S/C14H21NO2/c1-10-12(16-2)7-8-13(17-3)14(10)11-6-4-5-9-15-11/h7-8,11,15H,4-6,9H2,1-3H3. The van der Waals surface area contributed by atoms with Crippen LogP contribution in [-0.4, -0.2) is 20.8 Å². The number of hydrogen-bond acceptors (Lipinski definition) is 3. The molecule has 2 rings (SSSR count). The van der Waals surface area contributed by atoms with Crippen LogP contribution in [0.3, 0.4) is 0 Å². The summed E-state index contributed by atoms with van der Waals surface area (Å²) in [6, 6.07) is 4.37. The zero-order chi connectivity index (χ0) is 12.3. The first-order valence-electron chi connectivity index (χ1n) is 6.22. The van der Waals surface area contributed by atoms with Crippen molar-refractivity contribution in [3.63, 3.8) is 0 Å². The van der Waals surface area contributed by atoms with E-state index in [0.717, 1.165) is 18.0 Å². The minimum atomic E-state index is 0.397. The second-order valence-electron chi connectivity index (χ2n) is 4.51. The van der Waals surface area contributed by atoms with E-state index >= 15 is 0 Å². The molecule has 1 aliphatic heterocycles. The molecule has 1 N–H and O–H groups in total. The van der Waals surface area contributed by atoms with E-state index in [1.165, 1.54) is 30.4 Å². The molecule has 17 heavy (non-hydrogen) atoms. The number of piperidine rings is 1. The third-order valence-corrected chi connectivity index (χ3v) is 3.52. The zero-order valence-corrected chi connectivity index (χ0v) is 10.9. The Labute approximate surface area is 103 Å². The van der Waals surface area contributed by atoms with Crippen LogP contribution >= 0.6 is 0 Å². The van der Waals surface area contributed by atoms with Gasteiger partial charge >= 0.3 is 0 Å². The molecule has 1 aromatic carbocycles. The second-order valence-corrected chi connectivity index (χ2v) is 4.51. The molecule has 1 aliphatic rings. The van der Waals surface area contributed by atoms with Gasteiger partial charge in [-0.05, 0) is 44.0 Å². The van der Waals surface area contributed by atoms with Gasteiger partial charge in [-0.25, -0.2) is 0 Å². The first-order chi connectivity index (χ1) is 8.27. The van der Waals surface area contributed by atoms with Crippen LogP contribution in [0.1, 0.15) is 36.4 Å². The Bertz CT molecular complexity index is 384. The first-order valence-corrected chi connectivity index (χ1v) is 6.22. The van der Waals surface area contributed by atoms with Gasteiger partial charge in [-0.1, -0.05) is 6.42 Å². The highest BCUT2D eigenvalue weighted by Crippen LogP contribution is 2.37. The average Bonchev–Trinajstić information content (AvgIpc) is 2.39. The van der Waals surface area contributed by atoms with Crippen LogP contribution in [0.15, 0.2) is 12.1 Å². The van der Waals surface area contributed by atoms with Gasteiger partial charge in [0.15, 0.2) is 0 Å². The molecule has 1 saturated heterocycles. The largest absolute Gasteiger partial charge is 0.496 e. The number of benzene rings is 1. The fourth-order valence-electron chi connectivity index (χ4n) is 2.61. The van der Waals surface area contributed by atoms with Crippen molar-refractivity contribution in [2.75, 3.05) is 20.8 Å². The Morgan fingerprint density at radius 3 is 2.41 bits per heavy atom. The predicted molar refractivity (Wildman–Crippen MR) is 68.9 cm³/mol. The van der Waals surface area contributed by atoms with Gasteiger partial charge < -0.3 is 14.8 Å². The van der Waals surface area contributed by atoms with Crippen molar-refractivity contribution in [1.29, 1.82) is 0 Å². The quantitative estimate of drug-likeness (QED) is 0.874. The number of methoxy groups -OCH3 is 2. The Kier molecular flexibility index (Phi) is 3.89. The molecular formula is C14H21NO2. The van der Waals surface area contributed by atoms with E-state index in [1.54, 1.807) is 14.2 Å². The van der Waals surface area contributed by atoms with Crippen LogP contribution in [-0.2, 0) is 0 Å². The SMILES string of the molecule is COc1ccc(OC)c(C2CCCCN2)c1C. The van der Waals surface area contributed by atoms with E-state index in [2.05, 4.69) is 12.2 Å². The summed E-state index contributed by atoms with van der Waals surface area (Å²) in [5, 5.41) is 3.57. The number of rotatable bonds is 3. The molecular weight excluding hydrogens is 214 g/mol. The normalized spacial score (nSPS) is 20.1. The lowest BCUT2D eigenvalue weighted by Gasteiger charge is -2.27. The molecule has 0 saturated carbocycles. The van der Waals surface area contributed by atoms with E-state index in [4.69, 9.17) is 9.47 Å². The van der Waals surface area contributed by atoms with Crippen molar-refractivity contribution in [2.24, 2.45) is 0 Å². The monoisotopic (exact) mass is 235 g/mol. The Hall–Kier alpha value is -1.22. The Morgan fingerprint density at radius 1 is 1.12 bits per heavy atom. The molecule has 0 aromatic heterocycles. The molecule has 0 amide bonds. The summed E-state index contributed by atoms with van der Waals surface area (Å²) in [6.45, 7) is 3.19. The summed E-state index contributed by atoms with van der Waals surface area (Å²) < 4.78 is 10.9. The number of hydrogen-bond donors (Lipinski definition) is 1. The highest BCUT2D eigenvalue weighted by molar-refractivity contribution is 5.49. The summed E-state index contributed by atoms with van der Waals surface area (Å²) in [4.78, 5) is 0. The highest BCUT2D eigenvalue weighted by Gasteiger charge is 2.22. The molecule has 1 aromatic rings. The van der Waals surface area contributed by atoms with Crippen LogP contribution in [0.2, 0.25) is 0 Å². The lowest BCUT2D eigenvalue weighted by molar-refractivity contribution is 0.365. The van der Waals surface area contributed by atoms with E-state index in [1.807, 2.05) is 12.1 Å². The molecule has 3 nitrogen and oxygen atoms in total. The molecule has 94 valence electrons. The van der Waals surface area contributed by atoms with Crippen molar-refractivity contribution >= 4 is 0 Å². The van der Waals surface area contributed by atoms with E-state index in [9.17, 15) is 0 Å². The summed E-state index contributed by atoms with van der Waals surface area (Å²) in [5.74, 6) is 1.90.